The van der Waals surface area contributed by atoms with Gasteiger partial charge in [-0.2, -0.15) is 10.4 Å². The molecule has 1 N–H and O–H groups in total. The average Bonchev–Trinajstić information content (AvgIpc) is 2.69. The van der Waals surface area contributed by atoms with E-state index in [9.17, 15) is 19.6 Å². The summed E-state index contributed by atoms with van der Waals surface area (Å²) in [5.74, 6) is -2.76. The molecule has 0 spiro atoms. The number of nitriles is 1. The normalized spacial score (nSPS) is 15.9. The standard InChI is InChI=1S/C21H24N4O3/c1-13(2)25-21(28)16-11-7-6-10-15(16)18(24-25)19(26)17(12-22)20(27)23-14-8-4-3-5-9-14/h6-7,10-11,13-14,17H,3-5,8-9H2,1-2H3,(H,23,27). The van der Waals surface area contributed by atoms with Crippen LogP contribution in [0.1, 0.15) is 62.5 Å². The van der Waals surface area contributed by atoms with Crippen molar-refractivity contribution in [1.29, 1.82) is 5.26 Å². The Kier molecular flexibility index (Phi) is 5.88. The first-order valence-corrected chi connectivity index (χ1v) is 9.69. The van der Waals surface area contributed by atoms with Crippen LogP contribution < -0.4 is 10.9 Å². The fourth-order valence-electron chi connectivity index (χ4n) is 3.64. The summed E-state index contributed by atoms with van der Waals surface area (Å²) in [6.07, 6.45) is 4.91. The fraction of sp³-hybridized carbons (Fsp3) is 0.476. The van der Waals surface area contributed by atoms with Gasteiger partial charge >= 0.3 is 0 Å². The highest BCUT2D eigenvalue weighted by Crippen LogP contribution is 2.20. The molecule has 2 aromatic rings. The molecule has 1 fully saturated rings. The fourth-order valence-corrected chi connectivity index (χ4v) is 3.64. The Balaban J connectivity index is 1.99. The number of carbonyl (C=O) groups is 2. The largest absolute Gasteiger partial charge is 0.352 e. The minimum Gasteiger partial charge on any atom is -0.352 e. The quantitative estimate of drug-likeness (QED) is 0.634. The summed E-state index contributed by atoms with van der Waals surface area (Å²) in [6, 6.07) is 8.21. The molecule has 3 rings (SSSR count). The molecule has 0 radical (unpaired) electrons. The minimum absolute atomic E-state index is 0.000721. The van der Waals surface area contributed by atoms with Gasteiger partial charge in [0.25, 0.3) is 5.56 Å². The van der Waals surface area contributed by atoms with Gasteiger partial charge in [-0.05, 0) is 32.8 Å². The lowest BCUT2D eigenvalue weighted by Gasteiger charge is -2.23. The van der Waals surface area contributed by atoms with Crippen molar-refractivity contribution in [2.24, 2.45) is 5.92 Å². The molecule has 0 bridgehead atoms. The maximum Gasteiger partial charge on any atom is 0.274 e. The van der Waals surface area contributed by atoms with Gasteiger partial charge in [0, 0.05) is 11.4 Å². The number of nitrogens with one attached hydrogen (secondary N) is 1. The smallest absolute Gasteiger partial charge is 0.274 e. The van der Waals surface area contributed by atoms with Gasteiger partial charge in [0.05, 0.1) is 17.5 Å². The van der Waals surface area contributed by atoms with Crippen LogP contribution in [0.4, 0.5) is 0 Å². The molecule has 1 aromatic heterocycles. The molecule has 1 saturated carbocycles. The van der Waals surface area contributed by atoms with Crippen LogP contribution in [0.5, 0.6) is 0 Å². The van der Waals surface area contributed by atoms with Gasteiger partial charge in [-0.15, -0.1) is 0 Å². The Morgan fingerprint density at radius 1 is 1.18 bits per heavy atom. The molecule has 1 unspecified atom stereocenters. The lowest BCUT2D eigenvalue weighted by molar-refractivity contribution is -0.123. The van der Waals surface area contributed by atoms with Crippen molar-refractivity contribution in [3.63, 3.8) is 0 Å². The molecule has 146 valence electrons. The van der Waals surface area contributed by atoms with Crippen LogP contribution in [0.15, 0.2) is 29.1 Å². The third kappa shape index (κ3) is 3.81. The van der Waals surface area contributed by atoms with Gasteiger partial charge in [-0.25, -0.2) is 4.68 Å². The van der Waals surface area contributed by atoms with Gasteiger partial charge in [0.1, 0.15) is 5.69 Å². The maximum absolute atomic E-state index is 13.1. The van der Waals surface area contributed by atoms with E-state index in [1.165, 1.54) is 4.68 Å². The molecular formula is C21H24N4O3. The average molecular weight is 380 g/mol. The zero-order valence-corrected chi connectivity index (χ0v) is 16.1. The molecular weight excluding hydrogens is 356 g/mol. The molecule has 7 heteroatoms. The van der Waals surface area contributed by atoms with E-state index >= 15 is 0 Å². The molecule has 1 atom stereocenters. The number of fused-ring (bicyclic) bond motifs is 1. The van der Waals surface area contributed by atoms with Crippen molar-refractivity contribution >= 4 is 22.5 Å². The first kappa shape index (κ1) is 19.7. The monoisotopic (exact) mass is 380 g/mol. The highest BCUT2D eigenvalue weighted by Gasteiger charge is 2.32. The molecule has 1 aromatic carbocycles. The maximum atomic E-state index is 13.1. The van der Waals surface area contributed by atoms with Crippen LogP contribution >= 0.6 is 0 Å². The van der Waals surface area contributed by atoms with Gasteiger partial charge in [0.15, 0.2) is 5.92 Å². The van der Waals surface area contributed by atoms with Gasteiger partial charge < -0.3 is 5.32 Å². The first-order chi connectivity index (χ1) is 13.4. The van der Waals surface area contributed by atoms with Crippen molar-refractivity contribution < 1.29 is 9.59 Å². The minimum atomic E-state index is -1.49. The Morgan fingerprint density at radius 2 is 1.82 bits per heavy atom. The SMILES string of the molecule is CC(C)n1nc(C(=O)C(C#N)C(=O)NC2CCCCC2)c2ccccc2c1=O. The summed E-state index contributed by atoms with van der Waals surface area (Å²) in [4.78, 5) is 38.4. The van der Waals surface area contributed by atoms with Crippen LogP contribution in [-0.4, -0.2) is 27.5 Å². The van der Waals surface area contributed by atoms with E-state index in [1.54, 1.807) is 38.1 Å². The molecule has 0 saturated heterocycles. The number of hydrogen-bond donors (Lipinski definition) is 1. The number of amides is 1. The first-order valence-electron chi connectivity index (χ1n) is 9.69. The third-order valence-corrected chi connectivity index (χ3v) is 5.16. The summed E-state index contributed by atoms with van der Waals surface area (Å²) in [7, 11) is 0. The van der Waals surface area contributed by atoms with Gasteiger partial charge in [-0.1, -0.05) is 37.5 Å². The molecule has 1 heterocycles. The molecule has 0 aliphatic heterocycles. The number of nitrogens with zero attached hydrogens (tertiary/aromatic N) is 3. The summed E-state index contributed by atoms with van der Waals surface area (Å²) in [5, 5.41) is 17.3. The predicted molar refractivity (Wildman–Crippen MR) is 105 cm³/mol. The van der Waals surface area contributed by atoms with E-state index in [0.29, 0.717) is 10.8 Å². The van der Waals surface area contributed by atoms with E-state index in [0.717, 1.165) is 32.1 Å². The number of hydrogen-bond acceptors (Lipinski definition) is 5. The Bertz CT molecular complexity index is 997. The van der Waals surface area contributed by atoms with Crippen molar-refractivity contribution in [2.75, 3.05) is 0 Å². The van der Waals surface area contributed by atoms with Gasteiger partial charge in [-0.3, -0.25) is 14.4 Å². The Labute approximate surface area is 163 Å². The van der Waals surface area contributed by atoms with Crippen LogP contribution in [0.3, 0.4) is 0 Å². The Morgan fingerprint density at radius 3 is 2.43 bits per heavy atom. The molecule has 1 aliphatic carbocycles. The van der Waals surface area contributed by atoms with E-state index in [1.807, 2.05) is 6.07 Å². The highest BCUT2D eigenvalue weighted by atomic mass is 16.2. The van der Waals surface area contributed by atoms with Crippen molar-refractivity contribution in [3.05, 3.63) is 40.3 Å². The lowest BCUT2D eigenvalue weighted by Crippen LogP contribution is -2.42. The topological polar surface area (TPSA) is 105 Å². The summed E-state index contributed by atoms with van der Waals surface area (Å²) in [6.45, 7) is 3.57. The number of carbonyl (C=O) groups excluding carboxylic acids is 2. The second-order valence-corrected chi connectivity index (χ2v) is 7.51. The molecule has 1 amide bonds. The summed E-state index contributed by atoms with van der Waals surface area (Å²) >= 11 is 0. The second-order valence-electron chi connectivity index (χ2n) is 7.51. The van der Waals surface area contributed by atoms with Crippen LogP contribution in [0.2, 0.25) is 0 Å². The number of Topliss-reactive ketones (excluding diaryl/α,β-unsaturated/α-hetero) is 1. The molecule has 7 nitrogen and oxygen atoms in total. The van der Waals surface area contributed by atoms with Crippen molar-refractivity contribution in [3.8, 4) is 6.07 Å². The predicted octanol–water partition coefficient (Wildman–Crippen LogP) is 2.75. The Hall–Kier alpha value is -3.01. The summed E-state index contributed by atoms with van der Waals surface area (Å²) in [5.41, 5.74) is -0.323. The van der Waals surface area contributed by atoms with Crippen LogP contribution in [0, 0.1) is 17.2 Å². The second kappa shape index (κ2) is 8.34. The third-order valence-electron chi connectivity index (χ3n) is 5.16. The summed E-state index contributed by atoms with van der Waals surface area (Å²) < 4.78 is 1.23. The van der Waals surface area contributed by atoms with E-state index in [4.69, 9.17) is 0 Å². The number of benzene rings is 1. The number of rotatable bonds is 5. The zero-order chi connectivity index (χ0) is 20.3. The lowest BCUT2D eigenvalue weighted by atomic mass is 9.93. The molecule has 28 heavy (non-hydrogen) atoms. The zero-order valence-electron chi connectivity index (χ0n) is 16.1. The van der Waals surface area contributed by atoms with Gasteiger partial charge in [0.2, 0.25) is 11.7 Å². The molecule has 1 aliphatic rings. The number of aromatic nitrogens is 2. The van der Waals surface area contributed by atoms with Crippen molar-refractivity contribution in [1.82, 2.24) is 15.1 Å². The van der Waals surface area contributed by atoms with E-state index < -0.39 is 17.6 Å². The highest BCUT2D eigenvalue weighted by molar-refractivity contribution is 6.16. The van der Waals surface area contributed by atoms with Crippen LogP contribution in [-0.2, 0) is 4.79 Å². The number of ketones is 1. The van der Waals surface area contributed by atoms with E-state index in [2.05, 4.69) is 10.4 Å². The van der Waals surface area contributed by atoms with E-state index in [-0.39, 0.29) is 23.3 Å². The van der Waals surface area contributed by atoms with Crippen LogP contribution in [0.25, 0.3) is 10.8 Å². The van der Waals surface area contributed by atoms with Crippen molar-refractivity contribution in [2.45, 2.75) is 58.0 Å².